The normalized spacial score (nSPS) is 9.50. The molecule has 3 nitrogen and oxygen atoms in total. The maximum absolute atomic E-state index is 10.6. The van der Waals surface area contributed by atoms with Gasteiger partial charge < -0.3 is 9.40 Å². The van der Waals surface area contributed by atoms with E-state index in [1.165, 1.54) is 12.1 Å². The van der Waals surface area contributed by atoms with Gasteiger partial charge in [0.25, 0.3) is 0 Å². The van der Waals surface area contributed by atoms with Crippen LogP contribution in [0.15, 0.2) is 18.2 Å². The Morgan fingerprint density at radius 2 is 2.25 bits per heavy atom. The predicted octanol–water partition coefficient (Wildman–Crippen LogP) is 2.23. The maximum atomic E-state index is 10.6. The van der Waals surface area contributed by atoms with Gasteiger partial charge in [-0.25, -0.2) is 4.79 Å². The van der Waals surface area contributed by atoms with Gasteiger partial charge in [0, 0.05) is 0 Å². The molecule has 0 unspecified atom stereocenters. The Balaban J connectivity index is 3.21. The monoisotopic (exact) mass is 186 g/mol. The first-order valence-corrected chi connectivity index (χ1v) is 3.58. The van der Waals surface area contributed by atoms with Gasteiger partial charge in [0.2, 0.25) is 0 Å². The highest BCUT2D eigenvalue weighted by atomic mass is 35.5. The number of halogens is 1. The van der Waals surface area contributed by atoms with Crippen molar-refractivity contribution < 1.29 is 14.2 Å². The highest BCUT2D eigenvalue weighted by molar-refractivity contribution is 6.10. The minimum atomic E-state index is -1.05. The van der Waals surface area contributed by atoms with Gasteiger partial charge in [0.05, 0.1) is 0 Å². The largest absolute Gasteiger partial charge is 0.478 e. The highest BCUT2D eigenvalue weighted by Crippen LogP contribution is 2.20. The molecule has 0 amide bonds. The molecule has 0 aromatic heterocycles. The fourth-order valence-corrected chi connectivity index (χ4v) is 1.01. The number of rotatable bonds is 2. The molecule has 0 heterocycles. The van der Waals surface area contributed by atoms with Crippen molar-refractivity contribution in [2.24, 2.45) is 0 Å². The van der Waals surface area contributed by atoms with Gasteiger partial charge in [-0.05, 0) is 24.6 Å². The van der Waals surface area contributed by atoms with Crippen LogP contribution in [0.2, 0.25) is 0 Å². The quantitative estimate of drug-likeness (QED) is 0.771. The van der Waals surface area contributed by atoms with Gasteiger partial charge in [-0.15, -0.1) is 0 Å². The van der Waals surface area contributed by atoms with E-state index in [2.05, 4.69) is 4.29 Å². The van der Waals surface area contributed by atoms with Crippen LogP contribution in [0.25, 0.3) is 0 Å². The summed E-state index contributed by atoms with van der Waals surface area (Å²) in [5, 5.41) is 8.68. The molecule has 64 valence electrons. The van der Waals surface area contributed by atoms with Gasteiger partial charge in [-0.3, -0.25) is 0 Å². The zero-order valence-corrected chi connectivity index (χ0v) is 7.13. The van der Waals surface area contributed by atoms with Crippen molar-refractivity contribution in [2.45, 2.75) is 6.92 Å². The molecule has 0 aliphatic heterocycles. The third-order valence-electron chi connectivity index (χ3n) is 1.45. The van der Waals surface area contributed by atoms with Crippen molar-refractivity contribution >= 4 is 17.8 Å². The van der Waals surface area contributed by atoms with Crippen LogP contribution in [0.5, 0.6) is 5.75 Å². The van der Waals surface area contributed by atoms with E-state index in [0.717, 1.165) is 5.56 Å². The second kappa shape index (κ2) is 3.45. The fourth-order valence-electron chi connectivity index (χ4n) is 0.878. The van der Waals surface area contributed by atoms with E-state index < -0.39 is 5.97 Å². The van der Waals surface area contributed by atoms with Gasteiger partial charge >= 0.3 is 5.97 Å². The van der Waals surface area contributed by atoms with Crippen LogP contribution in [0.1, 0.15) is 15.9 Å². The molecular formula is C8H7ClO3. The molecule has 0 fully saturated rings. The molecule has 0 aliphatic rings. The molecule has 0 aliphatic carbocycles. The Hall–Kier alpha value is -1.22. The van der Waals surface area contributed by atoms with Crippen LogP contribution >= 0.6 is 11.9 Å². The zero-order valence-electron chi connectivity index (χ0n) is 6.37. The summed E-state index contributed by atoms with van der Waals surface area (Å²) >= 11 is 5.07. The highest BCUT2D eigenvalue weighted by Gasteiger charge is 2.10. The summed E-state index contributed by atoms with van der Waals surface area (Å²) in [5.41, 5.74) is 0.926. The molecule has 1 rings (SSSR count). The lowest BCUT2D eigenvalue weighted by molar-refractivity contribution is 0.0695. The molecule has 1 aromatic rings. The van der Waals surface area contributed by atoms with Crippen molar-refractivity contribution in [3.8, 4) is 5.75 Å². The number of benzene rings is 1. The molecule has 0 saturated carbocycles. The molecule has 0 atom stereocenters. The Morgan fingerprint density at radius 3 is 2.75 bits per heavy atom. The standard InChI is InChI=1S/C8H7ClO3/c1-5-2-3-7(12-9)6(4-5)8(10)11/h2-4H,1H3,(H,10,11). The van der Waals surface area contributed by atoms with Crippen molar-refractivity contribution in [3.63, 3.8) is 0 Å². The van der Waals surface area contributed by atoms with Crippen LogP contribution in [0.4, 0.5) is 0 Å². The molecule has 0 spiro atoms. The molecule has 0 saturated heterocycles. The number of carboxylic acids is 1. The molecule has 0 radical (unpaired) electrons. The van der Waals surface area contributed by atoms with E-state index >= 15 is 0 Å². The number of aryl methyl sites for hydroxylation is 1. The summed E-state index contributed by atoms with van der Waals surface area (Å²) in [7, 11) is 0. The van der Waals surface area contributed by atoms with Gasteiger partial charge in [0.1, 0.15) is 17.4 Å². The van der Waals surface area contributed by atoms with Gasteiger partial charge in [-0.1, -0.05) is 6.07 Å². The average molecular weight is 187 g/mol. The Kier molecular flexibility index (Phi) is 2.55. The van der Waals surface area contributed by atoms with Crippen LogP contribution in [0.3, 0.4) is 0 Å². The molecule has 1 N–H and O–H groups in total. The molecule has 12 heavy (non-hydrogen) atoms. The number of hydrogen-bond donors (Lipinski definition) is 1. The van der Waals surface area contributed by atoms with E-state index in [9.17, 15) is 4.79 Å². The van der Waals surface area contributed by atoms with Crippen molar-refractivity contribution in [1.82, 2.24) is 0 Å². The lowest BCUT2D eigenvalue weighted by Gasteiger charge is -2.01. The topological polar surface area (TPSA) is 46.5 Å². The zero-order chi connectivity index (χ0) is 9.14. The first-order valence-electron chi connectivity index (χ1n) is 3.27. The minimum absolute atomic E-state index is 0.0741. The number of hydrogen-bond acceptors (Lipinski definition) is 2. The second-order valence-corrected chi connectivity index (χ2v) is 2.54. The third-order valence-corrected chi connectivity index (χ3v) is 1.61. The summed E-state index contributed by atoms with van der Waals surface area (Å²) in [6.45, 7) is 1.80. The van der Waals surface area contributed by atoms with Crippen LogP contribution < -0.4 is 4.29 Å². The molecular weight excluding hydrogens is 180 g/mol. The predicted molar refractivity (Wildman–Crippen MR) is 44.6 cm³/mol. The number of carbonyl (C=O) groups is 1. The Bertz CT molecular complexity index is 309. The van der Waals surface area contributed by atoms with Crippen molar-refractivity contribution in [3.05, 3.63) is 29.3 Å². The third kappa shape index (κ3) is 1.68. The first kappa shape index (κ1) is 8.87. The van der Waals surface area contributed by atoms with Crippen LogP contribution in [-0.4, -0.2) is 11.1 Å². The van der Waals surface area contributed by atoms with Crippen molar-refractivity contribution in [2.75, 3.05) is 0 Å². The number of carboxylic acid groups (broad SMARTS) is 1. The second-order valence-electron chi connectivity index (χ2n) is 2.38. The summed E-state index contributed by atoms with van der Waals surface area (Å²) in [6, 6.07) is 4.75. The lowest BCUT2D eigenvalue weighted by atomic mass is 10.1. The Morgan fingerprint density at radius 1 is 1.58 bits per heavy atom. The Labute approximate surface area is 74.7 Å². The molecule has 4 heteroatoms. The van der Waals surface area contributed by atoms with Crippen LogP contribution in [0, 0.1) is 6.92 Å². The SMILES string of the molecule is Cc1ccc(OCl)c(C(=O)O)c1. The average Bonchev–Trinajstić information content (AvgIpc) is 2.04. The van der Waals surface area contributed by atoms with E-state index in [-0.39, 0.29) is 11.3 Å². The summed E-state index contributed by atoms with van der Waals surface area (Å²) in [5.74, 6) is -0.885. The maximum Gasteiger partial charge on any atom is 0.339 e. The van der Waals surface area contributed by atoms with E-state index in [0.29, 0.717) is 0 Å². The van der Waals surface area contributed by atoms with Crippen molar-refractivity contribution in [1.29, 1.82) is 0 Å². The molecule has 0 bridgehead atoms. The molecule has 1 aromatic carbocycles. The smallest absolute Gasteiger partial charge is 0.339 e. The van der Waals surface area contributed by atoms with Gasteiger partial charge in [-0.2, -0.15) is 0 Å². The summed E-state index contributed by atoms with van der Waals surface area (Å²) in [6.07, 6.45) is 0. The van der Waals surface area contributed by atoms with E-state index in [4.69, 9.17) is 17.0 Å². The fraction of sp³-hybridized carbons (Fsp3) is 0.125. The first-order chi connectivity index (χ1) is 5.65. The summed E-state index contributed by atoms with van der Waals surface area (Å²) < 4.78 is 4.35. The van der Waals surface area contributed by atoms with E-state index in [1.54, 1.807) is 13.0 Å². The minimum Gasteiger partial charge on any atom is -0.478 e. The van der Waals surface area contributed by atoms with Gasteiger partial charge in [0.15, 0.2) is 5.75 Å². The lowest BCUT2D eigenvalue weighted by Crippen LogP contribution is -1.98. The number of aromatic carboxylic acids is 1. The van der Waals surface area contributed by atoms with E-state index in [1.807, 2.05) is 0 Å². The van der Waals surface area contributed by atoms with Crippen LogP contribution in [-0.2, 0) is 0 Å². The summed E-state index contributed by atoms with van der Waals surface area (Å²) in [4.78, 5) is 10.6.